The van der Waals surface area contributed by atoms with E-state index in [4.69, 9.17) is 9.47 Å². The summed E-state index contributed by atoms with van der Waals surface area (Å²) < 4.78 is 64.5. The summed E-state index contributed by atoms with van der Waals surface area (Å²) in [6.45, 7) is 6.50. The van der Waals surface area contributed by atoms with Gasteiger partial charge in [-0.2, -0.15) is 4.31 Å². The summed E-state index contributed by atoms with van der Waals surface area (Å²) >= 11 is 0. The van der Waals surface area contributed by atoms with Gasteiger partial charge in [-0.15, -0.1) is 0 Å². The molecule has 184 valence electrons. The van der Waals surface area contributed by atoms with E-state index in [9.17, 15) is 22.0 Å². The van der Waals surface area contributed by atoms with Crippen molar-refractivity contribution in [2.24, 2.45) is 11.8 Å². The molecule has 1 heterocycles. The molecule has 2 unspecified atom stereocenters. The van der Waals surface area contributed by atoms with Gasteiger partial charge < -0.3 is 14.4 Å². The summed E-state index contributed by atoms with van der Waals surface area (Å²) in [5, 5.41) is 0. The van der Waals surface area contributed by atoms with Gasteiger partial charge in [-0.05, 0) is 68.7 Å². The number of benzene rings is 1. The summed E-state index contributed by atoms with van der Waals surface area (Å²) in [5.41, 5.74) is 0.514. The number of hydrogen-bond acceptors (Lipinski definition) is 5. The molecule has 0 spiro atoms. The van der Waals surface area contributed by atoms with Crippen molar-refractivity contribution in [2.45, 2.75) is 39.2 Å². The number of nitrogens with zero attached hydrogens (tertiary/aromatic N) is 2. The fourth-order valence-electron chi connectivity index (χ4n) is 3.79. The minimum Gasteiger partial charge on any atom is -0.487 e. The van der Waals surface area contributed by atoms with Crippen LogP contribution in [0.15, 0.2) is 18.2 Å². The Kier molecular flexibility index (Phi) is 7.38. The maximum absolute atomic E-state index is 14.6. The standard InChI is InChI=1S/C23H32F2N2O5S/c1-23(2,3)32-22(28)26(4)13-17-10-18(17)14-31-21-19(24)11-16(12-20(21)25)15-6-8-27(9-7-15)33(5,29)30/h6,11-12,17-18H,7-10,13-14H2,1-5H3. The molecule has 7 nitrogen and oxygen atoms in total. The van der Waals surface area contributed by atoms with E-state index in [1.807, 2.05) is 0 Å². The molecule has 3 rings (SSSR count). The second-order valence-corrected chi connectivity index (χ2v) is 11.8. The Bertz CT molecular complexity index is 1010. The van der Waals surface area contributed by atoms with Crippen LogP contribution in [0, 0.1) is 23.5 Å². The van der Waals surface area contributed by atoms with Gasteiger partial charge in [0.1, 0.15) is 5.60 Å². The molecule has 0 radical (unpaired) electrons. The lowest BCUT2D eigenvalue weighted by Crippen LogP contribution is -2.35. The van der Waals surface area contributed by atoms with Crippen LogP contribution in [0.25, 0.3) is 5.57 Å². The predicted octanol–water partition coefficient (Wildman–Crippen LogP) is 3.90. The zero-order valence-electron chi connectivity index (χ0n) is 19.7. The van der Waals surface area contributed by atoms with E-state index in [2.05, 4.69) is 0 Å². The Morgan fingerprint density at radius 3 is 2.36 bits per heavy atom. The number of carbonyl (C=O) groups is 1. The van der Waals surface area contributed by atoms with Gasteiger partial charge in [-0.25, -0.2) is 22.0 Å². The van der Waals surface area contributed by atoms with Crippen molar-refractivity contribution >= 4 is 21.7 Å². The minimum absolute atomic E-state index is 0.108. The number of halogens is 2. The maximum Gasteiger partial charge on any atom is 0.410 e. The van der Waals surface area contributed by atoms with Crippen molar-refractivity contribution < 1.29 is 31.5 Å². The molecule has 33 heavy (non-hydrogen) atoms. The fraction of sp³-hybridized carbons (Fsp3) is 0.609. The average Bonchev–Trinajstić information content (AvgIpc) is 3.43. The van der Waals surface area contributed by atoms with Crippen molar-refractivity contribution in [3.63, 3.8) is 0 Å². The van der Waals surface area contributed by atoms with Crippen molar-refractivity contribution in [1.29, 1.82) is 0 Å². The minimum atomic E-state index is -3.30. The normalized spacial score (nSPS) is 21.4. The van der Waals surface area contributed by atoms with Crippen molar-refractivity contribution in [1.82, 2.24) is 9.21 Å². The second kappa shape index (κ2) is 9.58. The number of amides is 1. The Labute approximate surface area is 194 Å². The van der Waals surface area contributed by atoms with Crippen LogP contribution in [-0.2, 0) is 14.8 Å². The molecule has 1 saturated carbocycles. The van der Waals surface area contributed by atoms with E-state index in [1.54, 1.807) is 33.9 Å². The SMILES string of the molecule is CN(CC1CC1COc1c(F)cc(C2=CCN(S(C)(=O)=O)CC2)cc1F)C(=O)OC(C)(C)C. The Morgan fingerprint density at radius 1 is 1.21 bits per heavy atom. The third kappa shape index (κ3) is 6.89. The Balaban J connectivity index is 1.54. The first-order valence-electron chi connectivity index (χ1n) is 10.9. The fourth-order valence-corrected chi connectivity index (χ4v) is 4.56. The number of hydrogen-bond donors (Lipinski definition) is 0. The highest BCUT2D eigenvalue weighted by Crippen LogP contribution is 2.40. The molecule has 1 aromatic carbocycles. The third-order valence-electron chi connectivity index (χ3n) is 5.73. The van der Waals surface area contributed by atoms with Crippen LogP contribution in [0.1, 0.15) is 39.2 Å². The maximum atomic E-state index is 14.6. The summed E-state index contributed by atoms with van der Waals surface area (Å²) in [5.74, 6) is -1.70. The van der Waals surface area contributed by atoms with Crippen LogP contribution in [0.5, 0.6) is 5.75 Å². The molecule has 10 heteroatoms. The second-order valence-electron chi connectivity index (χ2n) is 9.80. The highest BCUT2D eigenvalue weighted by molar-refractivity contribution is 7.88. The first-order chi connectivity index (χ1) is 15.2. The first-order valence-corrected chi connectivity index (χ1v) is 12.8. The smallest absolute Gasteiger partial charge is 0.410 e. The van der Waals surface area contributed by atoms with Gasteiger partial charge in [0.25, 0.3) is 0 Å². The molecular formula is C23H32F2N2O5S. The van der Waals surface area contributed by atoms with Crippen LogP contribution in [-0.4, -0.2) is 68.9 Å². The highest BCUT2D eigenvalue weighted by atomic mass is 32.2. The van der Waals surface area contributed by atoms with Crippen LogP contribution >= 0.6 is 0 Å². The van der Waals surface area contributed by atoms with Crippen LogP contribution in [0.2, 0.25) is 0 Å². The van der Waals surface area contributed by atoms with Crippen molar-refractivity contribution in [2.75, 3.05) is 39.5 Å². The zero-order valence-corrected chi connectivity index (χ0v) is 20.5. The van der Waals surface area contributed by atoms with Gasteiger partial charge in [-0.1, -0.05) is 6.08 Å². The van der Waals surface area contributed by atoms with E-state index in [-0.39, 0.29) is 31.5 Å². The molecule has 1 aromatic rings. The van der Waals surface area contributed by atoms with E-state index >= 15 is 0 Å². The van der Waals surface area contributed by atoms with Crippen molar-refractivity contribution in [3.8, 4) is 5.75 Å². The molecule has 2 aliphatic rings. The zero-order chi connectivity index (χ0) is 24.6. The van der Waals surface area contributed by atoms with Gasteiger partial charge in [-0.3, -0.25) is 0 Å². The summed E-state index contributed by atoms with van der Waals surface area (Å²) in [7, 11) is -1.63. The first kappa shape index (κ1) is 25.4. The molecule has 0 aromatic heterocycles. The topological polar surface area (TPSA) is 76.2 Å². The monoisotopic (exact) mass is 486 g/mol. The van der Waals surface area contributed by atoms with E-state index in [0.29, 0.717) is 24.1 Å². The summed E-state index contributed by atoms with van der Waals surface area (Å²) in [6.07, 6.45) is 3.59. The Morgan fingerprint density at radius 2 is 1.85 bits per heavy atom. The molecule has 0 bridgehead atoms. The average molecular weight is 487 g/mol. The summed E-state index contributed by atoms with van der Waals surface area (Å²) in [4.78, 5) is 13.6. The molecule has 0 saturated heterocycles. The lowest BCUT2D eigenvalue weighted by molar-refractivity contribution is 0.0287. The number of sulfonamides is 1. The molecule has 1 aliphatic carbocycles. The van der Waals surface area contributed by atoms with Gasteiger partial charge in [0.05, 0.1) is 12.9 Å². The van der Waals surface area contributed by atoms with Crippen LogP contribution in [0.4, 0.5) is 13.6 Å². The predicted molar refractivity (Wildman–Crippen MR) is 121 cm³/mol. The van der Waals surface area contributed by atoms with E-state index in [1.165, 1.54) is 21.3 Å². The van der Waals surface area contributed by atoms with Crippen molar-refractivity contribution in [3.05, 3.63) is 35.4 Å². The lowest BCUT2D eigenvalue weighted by atomic mass is 10.00. The molecule has 0 N–H and O–H groups in total. The van der Waals surface area contributed by atoms with Gasteiger partial charge in [0, 0.05) is 26.7 Å². The third-order valence-corrected chi connectivity index (χ3v) is 7.00. The molecular weight excluding hydrogens is 454 g/mol. The molecule has 2 atom stereocenters. The van der Waals surface area contributed by atoms with Crippen LogP contribution < -0.4 is 4.74 Å². The van der Waals surface area contributed by atoms with Gasteiger partial charge >= 0.3 is 6.09 Å². The number of carbonyl (C=O) groups excluding carboxylic acids is 1. The van der Waals surface area contributed by atoms with E-state index in [0.717, 1.165) is 12.7 Å². The largest absolute Gasteiger partial charge is 0.487 e. The summed E-state index contributed by atoms with van der Waals surface area (Å²) in [6, 6.07) is 2.45. The molecule has 1 amide bonds. The molecule has 1 fully saturated rings. The van der Waals surface area contributed by atoms with E-state index < -0.39 is 39.1 Å². The number of ether oxygens (including phenoxy) is 2. The Hall–Kier alpha value is -2.20. The quantitative estimate of drug-likeness (QED) is 0.584. The van der Waals surface area contributed by atoms with Crippen LogP contribution in [0.3, 0.4) is 0 Å². The number of rotatable bonds is 7. The van der Waals surface area contributed by atoms with Gasteiger partial charge in [0.15, 0.2) is 17.4 Å². The highest BCUT2D eigenvalue weighted by Gasteiger charge is 2.40. The lowest BCUT2D eigenvalue weighted by Gasteiger charge is -2.24. The van der Waals surface area contributed by atoms with Gasteiger partial charge in [0.2, 0.25) is 10.0 Å². The molecule has 1 aliphatic heterocycles.